The van der Waals surface area contributed by atoms with Crippen LogP contribution in [0.15, 0.2) is 36.7 Å². The fourth-order valence-corrected chi connectivity index (χ4v) is 3.12. The van der Waals surface area contributed by atoms with Crippen LogP contribution in [-0.4, -0.2) is 15.5 Å². The van der Waals surface area contributed by atoms with Crippen molar-refractivity contribution in [3.8, 4) is 0 Å². The van der Waals surface area contributed by atoms with Gasteiger partial charge in [-0.25, -0.2) is 10.8 Å². The SMILES string of the molecule is Cc1sc(C(=O)NN)cc1Cn1cnc2ccccc21. The van der Waals surface area contributed by atoms with E-state index in [2.05, 4.69) is 15.0 Å². The number of hydrazine groups is 1. The molecule has 3 N–H and O–H groups in total. The Labute approximate surface area is 120 Å². The quantitative estimate of drug-likeness (QED) is 0.440. The van der Waals surface area contributed by atoms with Crippen molar-refractivity contribution in [1.82, 2.24) is 15.0 Å². The predicted molar refractivity (Wildman–Crippen MR) is 79.5 cm³/mol. The smallest absolute Gasteiger partial charge is 0.275 e. The number of hydrogen-bond donors (Lipinski definition) is 2. The number of para-hydroxylation sites is 2. The fraction of sp³-hybridized carbons (Fsp3) is 0.143. The van der Waals surface area contributed by atoms with Crippen LogP contribution in [0.25, 0.3) is 11.0 Å². The largest absolute Gasteiger partial charge is 0.326 e. The van der Waals surface area contributed by atoms with Gasteiger partial charge >= 0.3 is 0 Å². The highest BCUT2D eigenvalue weighted by atomic mass is 32.1. The first kappa shape index (κ1) is 12.8. The highest BCUT2D eigenvalue weighted by molar-refractivity contribution is 7.14. The van der Waals surface area contributed by atoms with Crippen LogP contribution in [0, 0.1) is 6.92 Å². The van der Waals surface area contributed by atoms with Crippen LogP contribution in [0.3, 0.4) is 0 Å². The number of thiophene rings is 1. The van der Waals surface area contributed by atoms with E-state index in [1.165, 1.54) is 11.3 Å². The van der Waals surface area contributed by atoms with Gasteiger partial charge in [0.1, 0.15) is 0 Å². The van der Waals surface area contributed by atoms with E-state index in [9.17, 15) is 4.79 Å². The van der Waals surface area contributed by atoms with Crippen molar-refractivity contribution in [3.05, 3.63) is 52.0 Å². The summed E-state index contributed by atoms with van der Waals surface area (Å²) in [5.41, 5.74) is 5.33. The molecule has 20 heavy (non-hydrogen) atoms. The summed E-state index contributed by atoms with van der Waals surface area (Å²) in [6.45, 7) is 2.70. The van der Waals surface area contributed by atoms with Gasteiger partial charge in [-0.2, -0.15) is 0 Å². The number of carbonyl (C=O) groups excluding carboxylic acids is 1. The molecular formula is C14H14N4OS. The number of hydrogen-bond acceptors (Lipinski definition) is 4. The Morgan fingerprint density at radius 1 is 1.45 bits per heavy atom. The van der Waals surface area contributed by atoms with Crippen LogP contribution < -0.4 is 11.3 Å². The highest BCUT2D eigenvalue weighted by Crippen LogP contribution is 2.23. The van der Waals surface area contributed by atoms with Crippen LogP contribution in [0.4, 0.5) is 0 Å². The topological polar surface area (TPSA) is 72.9 Å². The number of rotatable bonds is 3. The van der Waals surface area contributed by atoms with E-state index < -0.39 is 0 Å². The van der Waals surface area contributed by atoms with Crippen LogP contribution in [0.1, 0.15) is 20.1 Å². The predicted octanol–water partition coefficient (Wildman–Crippen LogP) is 2.06. The molecule has 3 aromatic rings. The van der Waals surface area contributed by atoms with Gasteiger partial charge in [0, 0.05) is 4.88 Å². The Morgan fingerprint density at radius 3 is 3.05 bits per heavy atom. The number of nitrogens with zero attached hydrogens (tertiary/aromatic N) is 2. The molecule has 1 amide bonds. The molecule has 102 valence electrons. The third-order valence-corrected chi connectivity index (χ3v) is 4.34. The van der Waals surface area contributed by atoms with E-state index >= 15 is 0 Å². The Morgan fingerprint density at radius 2 is 2.25 bits per heavy atom. The summed E-state index contributed by atoms with van der Waals surface area (Å²) in [7, 11) is 0. The lowest BCUT2D eigenvalue weighted by molar-refractivity contribution is 0.0957. The molecule has 5 nitrogen and oxygen atoms in total. The average Bonchev–Trinajstić information content (AvgIpc) is 3.04. The summed E-state index contributed by atoms with van der Waals surface area (Å²) < 4.78 is 2.08. The standard InChI is InChI=1S/C14H14N4OS/c1-9-10(6-13(20-9)14(19)17-15)7-18-8-16-11-4-2-3-5-12(11)18/h2-6,8H,7,15H2,1H3,(H,17,19). The minimum Gasteiger partial charge on any atom is -0.326 e. The minimum atomic E-state index is -0.250. The molecule has 2 heterocycles. The van der Waals surface area contributed by atoms with Crippen LogP contribution >= 0.6 is 11.3 Å². The first-order chi connectivity index (χ1) is 9.69. The molecule has 0 aliphatic rings. The van der Waals surface area contributed by atoms with Crippen molar-refractivity contribution in [2.45, 2.75) is 13.5 Å². The normalized spacial score (nSPS) is 10.9. The van der Waals surface area contributed by atoms with Crippen molar-refractivity contribution < 1.29 is 4.79 Å². The van der Waals surface area contributed by atoms with Gasteiger partial charge in [-0.3, -0.25) is 10.2 Å². The third-order valence-electron chi connectivity index (χ3n) is 3.24. The van der Waals surface area contributed by atoms with Crippen LogP contribution in [-0.2, 0) is 6.54 Å². The molecule has 3 rings (SSSR count). The van der Waals surface area contributed by atoms with E-state index in [1.54, 1.807) is 0 Å². The molecule has 0 aliphatic heterocycles. The maximum atomic E-state index is 11.5. The molecule has 0 saturated heterocycles. The average molecular weight is 286 g/mol. The Bertz CT molecular complexity index is 774. The maximum Gasteiger partial charge on any atom is 0.275 e. The van der Waals surface area contributed by atoms with Gasteiger partial charge in [0.15, 0.2) is 0 Å². The number of amides is 1. The lowest BCUT2D eigenvalue weighted by Crippen LogP contribution is -2.29. The first-order valence-corrected chi connectivity index (χ1v) is 7.01. The highest BCUT2D eigenvalue weighted by Gasteiger charge is 2.12. The summed E-state index contributed by atoms with van der Waals surface area (Å²) in [6, 6.07) is 9.88. The zero-order valence-electron chi connectivity index (χ0n) is 11.0. The number of aromatic nitrogens is 2. The summed E-state index contributed by atoms with van der Waals surface area (Å²) in [6.07, 6.45) is 1.82. The molecule has 0 radical (unpaired) electrons. The number of fused-ring (bicyclic) bond motifs is 1. The van der Waals surface area contributed by atoms with Crippen molar-refractivity contribution >= 4 is 28.3 Å². The molecule has 0 saturated carbocycles. The summed E-state index contributed by atoms with van der Waals surface area (Å²) in [5.74, 6) is 4.92. The van der Waals surface area contributed by atoms with E-state index in [1.807, 2.05) is 43.6 Å². The third kappa shape index (κ3) is 2.19. The molecule has 0 unspecified atom stereocenters. The van der Waals surface area contributed by atoms with Crippen molar-refractivity contribution in [2.75, 3.05) is 0 Å². The molecule has 0 atom stereocenters. The minimum absolute atomic E-state index is 0.250. The summed E-state index contributed by atoms with van der Waals surface area (Å²) >= 11 is 1.45. The summed E-state index contributed by atoms with van der Waals surface area (Å²) in [5, 5.41) is 0. The lowest BCUT2D eigenvalue weighted by atomic mass is 10.2. The van der Waals surface area contributed by atoms with Gasteiger partial charge < -0.3 is 4.57 Å². The second-order valence-corrected chi connectivity index (χ2v) is 5.78. The summed E-state index contributed by atoms with van der Waals surface area (Å²) in [4.78, 5) is 17.7. The molecular weight excluding hydrogens is 272 g/mol. The molecule has 6 heteroatoms. The van der Waals surface area contributed by atoms with Crippen LogP contribution in [0.2, 0.25) is 0 Å². The van der Waals surface area contributed by atoms with Gasteiger partial charge in [-0.15, -0.1) is 11.3 Å². The molecule has 2 aromatic heterocycles. The molecule has 0 spiro atoms. The van der Waals surface area contributed by atoms with E-state index in [4.69, 9.17) is 5.84 Å². The first-order valence-electron chi connectivity index (χ1n) is 6.19. The Hall–Kier alpha value is -2.18. The number of carbonyl (C=O) groups is 1. The Kier molecular flexibility index (Phi) is 3.25. The van der Waals surface area contributed by atoms with Gasteiger partial charge in [0.25, 0.3) is 5.91 Å². The van der Waals surface area contributed by atoms with Crippen LogP contribution in [0.5, 0.6) is 0 Å². The fourth-order valence-electron chi connectivity index (χ4n) is 2.18. The maximum absolute atomic E-state index is 11.5. The van der Waals surface area contributed by atoms with Gasteiger partial charge in [0.2, 0.25) is 0 Å². The second kappa shape index (κ2) is 5.07. The van der Waals surface area contributed by atoms with Crippen molar-refractivity contribution in [2.24, 2.45) is 5.84 Å². The number of nitrogens with two attached hydrogens (primary N) is 1. The molecule has 0 fully saturated rings. The van der Waals surface area contributed by atoms with E-state index in [0.29, 0.717) is 11.4 Å². The number of nitrogens with one attached hydrogen (secondary N) is 1. The monoisotopic (exact) mass is 286 g/mol. The van der Waals surface area contributed by atoms with Gasteiger partial charge in [-0.1, -0.05) is 12.1 Å². The van der Waals surface area contributed by atoms with Crippen molar-refractivity contribution in [3.63, 3.8) is 0 Å². The second-order valence-electron chi connectivity index (χ2n) is 4.53. The number of benzene rings is 1. The molecule has 1 aromatic carbocycles. The van der Waals surface area contributed by atoms with E-state index in [0.717, 1.165) is 21.5 Å². The number of imidazole rings is 1. The zero-order chi connectivity index (χ0) is 14.1. The number of aryl methyl sites for hydroxylation is 1. The molecule has 0 aliphatic carbocycles. The lowest BCUT2D eigenvalue weighted by Gasteiger charge is -2.03. The van der Waals surface area contributed by atoms with Gasteiger partial charge in [-0.05, 0) is 30.7 Å². The zero-order valence-corrected chi connectivity index (χ0v) is 11.8. The molecule has 0 bridgehead atoms. The van der Waals surface area contributed by atoms with Gasteiger partial charge in [0.05, 0.1) is 28.8 Å². The Balaban J connectivity index is 1.95. The van der Waals surface area contributed by atoms with Crippen molar-refractivity contribution in [1.29, 1.82) is 0 Å². The number of nitrogen functional groups attached to an aromatic ring is 1. The van der Waals surface area contributed by atoms with E-state index in [-0.39, 0.29) is 5.91 Å².